The summed E-state index contributed by atoms with van der Waals surface area (Å²) < 4.78 is 46.9. The molecule has 19 heteroatoms. The second-order valence-corrected chi connectivity index (χ2v) is 12.7. The van der Waals surface area contributed by atoms with Crippen molar-refractivity contribution >= 4 is 42.6 Å². The molecule has 1 aliphatic carbocycles. The topological polar surface area (TPSA) is 239 Å². The van der Waals surface area contributed by atoms with E-state index in [0.717, 1.165) is 0 Å². The maximum absolute atomic E-state index is 12.3. The average molecular weight is 617 g/mol. The molecule has 0 amide bonds. The van der Waals surface area contributed by atoms with E-state index < -0.39 is 77.6 Å². The van der Waals surface area contributed by atoms with Crippen molar-refractivity contribution in [2.45, 2.75) is 49.2 Å². The maximum atomic E-state index is 12.3. The quantitative estimate of drug-likeness (QED) is 0.180. The molecule has 0 aromatic carbocycles. The van der Waals surface area contributed by atoms with Gasteiger partial charge in [0.05, 0.1) is 37.1 Å². The first-order chi connectivity index (χ1) is 16.8. The first-order valence-corrected chi connectivity index (χ1v) is 14.4. The van der Waals surface area contributed by atoms with Crippen molar-refractivity contribution in [3.8, 4) is 0 Å². The molecule has 36 heavy (non-hydrogen) atoms. The van der Waals surface area contributed by atoms with Crippen LogP contribution in [-0.4, -0.2) is 88.1 Å². The van der Waals surface area contributed by atoms with Crippen LogP contribution in [0.1, 0.15) is 18.7 Å². The van der Waals surface area contributed by atoms with Crippen LogP contribution >= 0.6 is 31.6 Å². The van der Waals surface area contributed by atoms with Crippen LogP contribution in [-0.2, 0) is 27.2 Å². The number of hydrogen-bond donors (Lipinski definition) is 7. The van der Waals surface area contributed by atoms with Gasteiger partial charge >= 0.3 is 15.6 Å². The fourth-order valence-corrected chi connectivity index (χ4v) is 7.48. The number of rotatable bonds is 0. The highest BCUT2D eigenvalue weighted by Gasteiger charge is 2.48. The smallest absolute Gasteiger partial charge is 0.390 e. The highest BCUT2D eigenvalue weighted by Crippen LogP contribution is 2.61. The first kappa shape index (κ1) is 26.6. The number of hydrogen-bond acceptors (Lipinski definition) is 12. The first-order valence-electron chi connectivity index (χ1n) is 10.6. The van der Waals surface area contributed by atoms with E-state index in [1.54, 1.807) is 0 Å². The summed E-state index contributed by atoms with van der Waals surface area (Å²) in [5.74, 6) is -0.905. The van der Waals surface area contributed by atoms with Crippen molar-refractivity contribution in [1.29, 1.82) is 5.41 Å². The van der Waals surface area contributed by atoms with Gasteiger partial charge in [0.1, 0.15) is 35.6 Å². The van der Waals surface area contributed by atoms with Gasteiger partial charge in [0.2, 0.25) is 0 Å². The second kappa shape index (κ2) is 9.31. The summed E-state index contributed by atoms with van der Waals surface area (Å²) in [4.78, 5) is 24.1. The van der Waals surface area contributed by atoms with Gasteiger partial charge in [-0.3, -0.25) is 14.5 Å². The lowest BCUT2D eigenvalue weighted by molar-refractivity contribution is -0.0502. The van der Waals surface area contributed by atoms with Gasteiger partial charge in [-0.15, -0.1) is 0 Å². The molecule has 16 nitrogen and oxygen atoms in total. The fraction of sp³-hybridized carbons (Fsp3) is 0.647. The Kier molecular flexibility index (Phi) is 6.87. The van der Waals surface area contributed by atoms with Gasteiger partial charge in [0.15, 0.2) is 6.23 Å². The van der Waals surface area contributed by atoms with E-state index in [-0.39, 0.29) is 22.9 Å². The molecule has 2 unspecified atom stereocenters. The molecule has 8 bridgehead atoms. The van der Waals surface area contributed by atoms with E-state index in [2.05, 4.69) is 25.2 Å². The van der Waals surface area contributed by atoms with Crippen LogP contribution in [0.15, 0.2) is 17.0 Å². The number of ether oxygens (including phenoxy) is 1. The molecule has 4 aliphatic rings. The number of aliphatic hydroxyl groups excluding tert-OH is 4. The van der Waals surface area contributed by atoms with E-state index in [0.29, 0.717) is 4.47 Å². The Balaban J connectivity index is 1.61. The van der Waals surface area contributed by atoms with E-state index in [1.807, 2.05) is 0 Å². The molecule has 0 radical (unpaired) electrons. The zero-order chi connectivity index (χ0) is 26.2. The van der Waals surface area contributed by atoms with Gasteiger partial charge in [-0.1, -0.05) is 0 Å². The van der Waals surface area contributed by atoms with Crippen LogP contribution < -0.4 is 5.49 Å². The molecule has 2 fully saturated rings. The number of nitrogens with zero attached hydrogens (tertiary/aromatic N) is 3. The standard InChI is InChI=1S/C17H23BrN4O12P2/c18-7-2-21-16-10(7)15(19)22(5-20-16)8-1-6(11(23)12(8)24)3-31-35(27,28)34-36(29,30)32-4-9-13(25)14(26)17(21)33-9/h2,5-6,8-9,11-14,17,19,23-26H,1,3-4H2,(H,27,28)(H,29,30)/t6-,8-,9-,11-,12+,13-,14-,17-/m1/s1. The van der Waals surface area contributed by atoms with Gasteiger partial charge in [0, 0.05) is 16.6 Å². The largest absolute Gasteiger partial charge is 0.481 e. The van der Waals surface area contributed by atoms with Gasteiger partial charge in [0.25, 0.3) is 0 Å². The highest BCUT2D eigenvalue weighted by atomic mass is 79.9. The lowest BCUT2D eigenvalue weighted by Crippen LogP contribution is -2.35. The van der Waals surface area contributed by atoms with E-state index in [4.69, 9.17) is 19.2 Å². The molecule has 5 heterocycles. The van der Waals surface area contributed by atoms with Crippen molar-refractivity contribution in [3.63, 3.8) is 0 Å². The number of phosphoric acid groups is 2. The number of aromatic nitrogens is 3. The van der Waals surface area contributed by atoms with Crippen LogP contribution in [0, 0.1) is 11.3 Å². The third-order valence-electron chi connectivity index (χ3n) is 6.56. The van der Waals surface area contributed by atoms with E-state index in [9.17, 15) is 39.3 Å². The fourth-order valence-electron chi connectivity index (χ4n) is 4.76. The normalized spacial score (nSPS) is 43.8. The van der Waals surface area contributed by atoms with Gasteiger partial charge in [-0.2, -0.15) is 4.31 Å². The Hall–Kier alpha value is -1.04. The molecular weight excluding hydrogens is 594 g/mol. The van der Waals surface area contributed by atoms with Crippen LogP contribution in [0.4, 0.5) is 0 Å². The Morgan fingerprint density at radius 1 is 1.00 bits per heavy atom. The molecule has 200 valence electrons. The minimum absolute atomic E-state index is 0.00397. The van der Waals surface area contributed by atoms with Crippen LogP contribution in [0.3, 0.4) is 0 Å². The molecule has 10 atom stereocenters. The molecule has 7 N–H and O–H groups in total. The van der Waals surface area contributed by atoms with Crippen LogP contribution in [0.2, 0.25) is 0 Å². The summed E-state index contributed by atoms with van der Waals surface area (Å²) in [6.45, 7) is -1.44. The number of fused-ring (bicyclic) bond motifs is 7. The molecule has 6 rings (SSSR count). The number of aliphatic hydroxyl groups is 4. The SMILES string of the molecule is N=c1c2c(Br)cn3c2ncn1[C@@H]1C[C@H](COP(=O)(O)OP(=O)(O)OC[C@H]2O[C@@H]3[C@H](O)[C@@H]2O)[C@@H](O)[C@H]1O. The van der Waals surface area contributed by atoms with E-state index in [1.165, 1.54) is 21.7 Å². The Bertz CT molecular complexity index is 1340. The number of nitrogens with one attached hydrogen (secondary N) is 1. The van der Waals surface area contributed by atoms with Crippen LogP contribution in [0.5, 0.6) is 0 Å². The minimum atomic E-state index is -5.21. The molecule has 1 saturated heterocycles. The molecule has 3 aliphatic heterocycles. The Morgan fingerprint density at radius 3 is 2.36 bits per heavy atom. The van der Waals surface area contributed by atoms with Gasteiger partial charge < -0.3 is 44.1 Å². The summed E-state index contributed by atoms with van der Waals surface area (Å²) in [7, 11) is -10.4. The predicted octanol–water partition coefficient (Wildman–Crippen LogP) is -0.754. The lowest BCUT2D eigenvalue weighted by atomic mass is 10.1. The monoisotopic (exact) mass is 616 g/mol. The third-order valence-corrected chi connectivity index (χ3v) is 9.76. The van der Waals surface area contributed by atoms with Gasteiger partial charge in [-0.25, -0.2) is 14.1 Å². The third kappa shape index (κ3) is 4.56. The summed E-state index contributed by atoms with van der Waals surface area (Å²) >= 11 is 3.35. The summed E-state index contributed by atoms with van der Waals surface area (Å²) in [5.41, 5.74) is 0.0854. The zero-order valence-corrected chi connectivity index (χ0v) is 21.5. The summed E-state index contributed by atoms with van der Waals surface area (Å²) in [5, 5.41) is 51.1. The Labute approximate surface area is 210 Å². The molecule has 2 aromatic rings. The second-order valence-electron chi connectivity index (χ2n) is 8.78. The molecule has 2 aromatic heterocycles. The summed E-state index contributed by atoms with van der Waals surface area (Å²) in [6, 6.07) is -0.877. The number of phosphoric ester groups is 2. The average Bonchev–Trinajstić information content (AvgIpc) is 3.37. The van der Waals surface area contributed by atoms with Crippen molar-refractivity contribution in [2.75, 3.05) is 13.2 Å². The predicted molar refractivity (Wildman–Crippen MR) is 119 cm³/mol. The Morgan fingerprint density at radius 2 is 1.67 bits per heavy atom. The molecule has 0 spiro atoms. The van der Waals surface area contributed by atoms with Crippen molar-refractivity contribution < 1.29 is 57.4 Å². The van der Waals surface area contributed by atoms with Gasteiger partial charge in [-0.05, 0) is 22.4 Å². The molecular formula is C17H23BrN4O12P2. The number of halogens is 1. The maximum Gasteiger partial charge on any atom is 0.481 e. The van der Waals surface area contributed by atoms with Crippen molar-refractivity contribution in [1.82, 2.24) is 14.1 Å². The van der Waals surface area contributed by atoms with Crippen molar-refractivity contribution in [2.24, 2.45) is 5.92 Å². The van der Waals surface area contributed by atoms with Crippen LogP contribution in [0.25, 0.3) is 11.0 Å². The van der Waals surface area contributed by atoms with E-state index >= 15 is 0 Å². The minimum Gasteiger partial charge on any atom is -0.390 e. The highest BCUT2D eigenvalue weighted by molar-refractivity contribution is 9.10. The summed E-state index contributed by atoms with van der Waals surface area (Å²) in [6.07, 6.45) is -5.85. The van der Waals surface area contributed by atoms with Crippen molar-refractivity contribution in [3.05, 3.63) is 22.5 Å². The zero-order valence-electron chi connectivity index (χ0n) is 18.1. The lowest BCUT2D eigenvalue weighted by Gasteiger charge is -2.21. The molecule has 1 saturated carbocycles.